The molecule has 0 aromatic heterocycles. The third-order valence-electron chi connectivity index (χ3n) is 4.54. The Labute approximate surface area is 93.4 Å². The Hall–Kier alpha value is -0.0800. The Balaban J connectivity index is 1.48. The zero-order chi connectivity index (χ0) is 10.4. The van der Waals surface area contributed by atoms with E-state index < -0.39 is 0 Å². The summed E-state index contributed by atoms with van der Waals surface area (Å²) in [7, 11) is 0. The highest BCUT2D eigenvalue weighted by Crippen LogP contribution is 2.37. The van der Waals surface area contributed by atoms with E-state index >= 15 is 0 Å². The second-order valence-electron chi connectivity index (χ2n) is 5.89. The molecule has 1 heterocycles. The summed E-state index contributed by atoms with van der Waals surface area (Å²) in [6, 6.07) is 3.44. The lowest BCUT2D eigenvalue weighted by Crippen LogP contribution is -2.35. The standard InChI is InChI=1S/C13H24N2/c1-3-10-7-13(10)14-11-6-9(2)15(8-11)12-4-5-12/h9-14H,3-8H2,1-2H3. The van der Waals surface area contributed by atoms with Gasteiger partial charge in [-0.05, 0) is 38.5 Å². The number of hydrogen-bond donors (Lipinski definition) is 1. The molecule has 0 spiro atoms. The van der Waals surface area contributed by atoms with Gasteiger partial charge in [-0.15, -0.1) is 0 Å². The molecule has 2 heteroatoms. The first-order chi connectivity index (χ1) is 7.28. The monoisotopic (exact) mass is 208 g/mol. The fourth-order valence-electron chi connectivity index (χ4n) is 3.30. The van der Waals surface area contributed by atoms with Crippen LogP contribution in [0.3, 0.4) is 0 Å². The fourth-order valence-corrected chi connectivity index (χ4v) is 3.30. The molecule has 4 unspecified atom stereocenters. The molecule has 4 atom stereocenters. The summed E-state index contributed by atoms with van der Waals surface area (Å²) in [6.07, 6.45) is 7.09. The van der Waals surface area contributed by atoms with E-state index in [-0.39, 0.29) is 0 Å². The van der Waals surface area contributed by atoms with Crippen molar-refractivity contribution in [2.45, 2.75) is 70.1 Å². The van der Waals surface area contributed by atoms with Crippen LogP contribution < -0.4 is 5.32 Å². The quantitative estimate of drug-likeness (QED) is 0.760. The second kappa shape index (κ2) is 3.74. The zero-order valence-corrected chi connectivity index (χ0v) is 10.1. The summed E-state index contributed by atoms with van der Waals surface area (Å²) >= 11 is 0. The highest BCUT2D eigenvalue weighted by molar-refractivity contribution is 5.00. The van der Waals surface area contributed by atoms with Gasteiger partial charge in [-0.3, -0.25) is 4.90 Å². The number of rotatable bonds is 4. The fraction of sp³-hybridized carbons (Fsp3) is 1.00. The lowest BCUT2D eigenvalue weighted by molar-refractivity contribution is 0.255. The average Bonchev–Trinajstić information content (AvgIpc) is 3.09. The Kier molecular flexibility index (Phi) is 2.52. The maximum Gasteiger partial charge on any atom is 0.0212 e. The first kappa shape index (κ1) is 10.1. The van der Waals surface area contributed by atoms with Crippen molar-refractivity contribution in [3.8, 4) is 0 Å². The second-order valence-corrected chi connectivity index (χ2v) is 5.89. The van der Waals surface area contributed by atoms with Crippen molar-refractivity contribution >= 4 is 0 Å². The van der Waals surface area contributed by atoms with Crippen LogP contribution in [-0.4, -0.2) is 35.6 Å². The van der Waals surface area contributed by atoms with Gasteiger partial charge in [-0.1, -0.05) is 13.3 Å². The Morgan fingerprint density at radius 1 is 1.27 bits per heavy atom. The van der Waals surface area contributed by atoms with E-state index in [1.54, 1.807) is 0 Å². The van der Waals surface area contributed by atoms with Crippen molar-refractivity contribution in [2.24, 2.45) is 5.92 Å². The molecular weight excluding hydrogens is 184 g/mol. The molecule has 2 nitrogen and oxygen atoms in total. The van der Waals surface area contributed by atoms with Crippen LogP contribution in [0, 0.1) is 5.92 Å². The number of nitrogens with one attached hydrogen (secondary N) is 1. The molecular formula is C13H24N2. The van der Waals surface area contributed by atoms with Gasteiger partial charge in [0.05, 0.1) is 0 Å². The van der Waals surface area contributed by atoms with E-state index in [1.807, 2.05) is 0 Å². The lowest BCUT2D eigenvalue weighted by Gasteiger charge is -2.19. The van der Waals surface area contributed by atoms with E-state index in [0.29, 0.717) is 0 Å². The van der Waals surface area contributed by atoms with Gasteiger partial charge in [-0.25, -0.2) is 0 Å². The molecule has 2 aliphatic carbocycles. The van der Waals surface area contributed by atoms with Gasteiger partial charge in [0, 0.05) is 30.7 Å². The van der Waals surface area contributed by atoms with Crippen molar-refractivity contribution in [3.05, 3.63) is 0 Å². The van der Waals surface area contributed by atoms with Crippen molar-refractivity contribution in [2.75, 3.05) is 6.54 Å². The Bertz CT molecular complexity index is 237. The van der Waals surface area contributed by atoms with Crippen molar-refractivity contribution < 1.29 is 0 Å². The molecule has 3 aliphatic rings. The van der Waals surface area contributed by atoms with Crippen LogP contribution in [0.1, 0.15) is 46.0 Å². The van der Waals surface area contributed by atoms with Gasteiger partial charge >= 0.3 is 0 Å². The molecule has 0 bridgehead atoms. The summed E-state index contributed by atoms with van der Waals surface area (Å²) in [6.45, 7) is 6.04. The normalized spacial score (nSPS) is 46.0. The minimum Gasteiger partial charge on any atom is -0.310 e. The van der Waals surface area contributed by atoms with Gasteiger partial charge in [0.25, 0.3) is 0 Å². The Morgan fingerprint density at radius 2 is 2.07 bits per heavy atom. The predicted molar refractivity (Wildman–Crippen MR) is 62.9 cm³/mol. The molecule has 0 amide bonds. The predicted octanol–water partition coefficient (Wildman–Crippen LogP) is 2.00. The van der Waals surface area contributed by atoms with E-state index in [1.165, 1.54) is 38.6 Å². The van der Waals surface area contributed by atoms with Crippen LogP contribution >= 0.6 is 0 Å². The van der Waals surface area contributed by atoms with Crippen LogP contribution in [0.2, 0.25) is 0 Å². The largest absolute Gasteiger partial charge is 0.310 e. The maximum atomic E-state index is 3.86. The topological polar surface area (TPSA) is 15.3 Å². The molecule has 1 saturated heterocycles. The first-order valence-corrected chi connectivity index (χ1v) is 6.79. The lowest BCUT2D eigenvalue weighted by atomic mass is 10.2. The van der Waals surface area contributed by atoms with Gasteiger partial charge in [0.2, 0.25) is 0 Å². The van der Waals surface area contributed by atoms with Gasteiger partial charge < -0.3 is 5.32 Å². The minimum atomic E-state index is 0.794. The molecule has 0 aromatic rings. The Morgan fingerprint density at radius 3 is 2.67 bits per heavy atom. The molecule has 86 valence electrons. The molecule has 3 rings (SSSR count). The molecule has 1 aliphatic heterocycles. The highest BCUT2D eigenvalue weighted by Gasteiger charge is 2.42. The SMILES string of the molecule is CCC1CC1NC1CC(C)N(C2CC2)C1. The third-order valence-corrected chi connectivity index (χ3v) is 4.54. The molecule has 3 fully saturated rings. The van der Waals surface area contributed by atoms with Gasteiger partial charge in [0.1, 0.15) is 0 Å². The molecule has 15 heavy (non-hydrogen) atoms. The summed E-state index contributed by atoms with van der Waals surface area (Å²) in [5.41, 5.74) is 0. The third kappa shape index (κ3) is 2.07. The summed E-state index contributed by atoms with van der Waals surface area (Å²) in [4.78, 5) is 2.74. The van der Waals surface area contributed by atoms with Gasteiger partial charge in [0.15, 0.2) is 0 Å². The van der Waals surface area contributed by atoms with E-state index in [9.17, 15) is 0 Å². The van der Waals surface area contributed by atoms with Crippen LogP contribution in [-0.2, 0) is 0 Å². The van der Waals surface area contributed by atoms with Crippen molar-refractivity contribution in [1.82, 2.24) is 10.2 Å². The highest BCUT2D eigenvalue weighted by atomic mass is 15.3. The number of hydrogen-bond acceptors (Lipinski definition) is 2. The van der Waals surface area contributed by atoms with Crippen LogP contribution in [0.5, 0.6) is 0 Å². The maximum absolute atomic E-state index is 3.86. The zero-order valence-electron chi connectivity index (χ0n) is 10.1. The van der Waals surface area contributed by atoms with Crippen LogP contribution in [0.15, 0.2) is 0 Å². The molecule has 0 radical (unpaired) electrons. The van der Waals surface area contributed by atoms with Crippen molar-refractivity contribution in [1.29, 1.82) is 0 Å². The van der Waals surface area contributed by atoms with Crippen LogP contribution in [0.25, 0.3) is 0 Å². The summed E-state index contributed by atoms with van der Waals surface area (Å²) in [5.74, 6) is 0.996. The molecule has 1 N–H and O–H groups in total. The minimum absolute atomic E-state index is 0.794. The smallest absolute Gasteiger partial charge is 0.0212 e. The number of nitrogens with zero attached hydrogens (tertiary/aromatic N) is 1. The summed E-state index contributed by atoms with van der Waals surface area (Å²) < 4.78 is 0. The van der Waals surface area contributed by atoms with Crippen molar-refractivity contribution in [3.63, 3.8) is 0 Å². The van der Waals surface area contributed by atoms with E-state index in [4.69, 9.17) is 0 Å². The van der Waals surface area contributed by atoms with Crippen LogP contribution in [0.4, 0.5) is 0 Å². The van der Waals surface area contributed by atoms with E-state index in [2.05, 4.69) is 24.1 Å². The summed E-state index contributed by atoms with van der Waals surface area (Å²) in [5, 5.41) is 3.86. The molecule has 0 aromatic carbocycles. The number of likely N-dealkylation sites (tertiary alicyclic amines) is 1. The van der Waals surface area contributed by atoms with E-state index in [0.717, 1.165) is 30.1 Å². The van der Waals surface area contributed by atoms with Gasteiger partial charge in [-0.2, -0.15) is 0 Å². The first-order valence-electron chi connectivity index (χ1n) is 6.79. The average molecular weight is 208 g/mol. The molecule has 2 saturated carbocycles.